The summed E-state index contributed by atoms with van der Waals surface area (Å²) < 4.78 is 0. The number of Topliss-reactive ketones (excluding diaryl/α,β-unsaturated/α-hetero) is 2. The minimum Gasteiger partial charge on any atom is -0.394 e. The van der Waals surface area contributed by atoms with Crippen molar-refractivity contribution in [3.63, 3.8) is 0 Å². The predicted molar refractivity (Wildman–Crippen MR) is 60.8 cm³/mol. The Morgan fingerprint density at radius 2 is 1.75 bits per heavy atom. The van der Waals surface area contributed by atoms with E-state index in [1.807, 2.05) is 0 Å². The van der Waals surface area contributed by atoms with Gasteiger partial charge in [-0.25, -0.2) is 4.79 Å². The Morgan fingerprint density at radius 1 is 1.20 bits per heavy atom. The van der Waals surface area contributed by atoms with Gasteiger partial charge in [0.25, 0.3) is 0 Å². The average molecular weight is 295 g/mol. The van der Waals surface area contributed by atoms with E-state index in [1.54, 1.807) is 0 Å². The highest BCUT2D eigenvalue weighted by atomic mass is 17.2. The largest absolute Gasteiger partial charge is 0.394 e. The van der Waals surface area contributed by atoms with Crippen molar-refractivity contribution in [3.05, 3.63) is 0 Å². The van der Waals surface area contributed by atoms with E-state index in [-0.39, 0.29) is 0 Å². The molecule has 0 aliphatic rings. The fourth-order valence-corrected chi connectivity index (χ4v) is 1.19. The first kappa shape index (κ1) is 18.6. The van der Waals surface area contributed by atoms with Gasteiger partial charge in [-0.1, -0.05) is 0 Å². The fourth-order valence-electron chi connectivity index (χ4n) is 1.19. The highest BCUT2D eigenvalue weighted by Crippen LogP contribution is 2.10. The van der Waals surface area contributed by atoms with Gasteiger partial charge in [0, 0.05) is 6.92 Å². The van der Waals surface area contributed by atoms with Crippen LogP contribution in [0, 0.1) is 0 Å². The predicted octanol–water partition coefficient (Wildman–Crippen LogP) is -3.98. The summed E-state index contributed by atoms with van der Waals surface area (Å²) in [4.78, 5) is 41.6. The van der Waals surface area contributed by atoms with Gasteiger partial charge in [0.1, 0.15) is 24.9 Å². The quantitative estimate of drug-likeness (QED) is 0.160. The molecule has 0 heterocycles. The van der Waals surface area contributed by atoms with E-state index in [1.165, 1.54) is 0 Å². The maximum Gasteiger partial charge on any atom is 0.339 e. The molecule has 0 spiro atoms. The van der Waals surface area contributed by atoms with Crippen LogP contribution < -0.4 is 5.73 Å². The molecular formula is C10H17NO9. The van der Waals surface area contributed by atoms with Gasteiger partial charge in [0.2, 0.25) is 11.6 Å². The Bertz CT molecular complexity index is 359. The van der Waals surface area contributed by atoms with E-state index >= 15 is 0 Å². The first-order chi connectivity index (χ1) is 9.26. The molecule has 0 aromatic heterocycles. The number of nitrogens with two attached hydrogens (primary N) is 1. The topological polar surface area (TPSA) is 177 Å². The Morgan fingerprint density at radius 3 is 2.15 bits per heavy atom. The highest BCUT2D eigenvalue weighted by Gasteiger charge is 2.39. The van der Waals surface area contributed by atoms with Crippen LogP contribution in [0.2, 0.25) is 0 Å². The summed E-state index contributed by atoms with van der Waals surface area (Å²) in [5.74, 6) is -3.48. The van der Waals surface area contributed by atoms with Crippen molar-refractivity contribution in [2.24, 2.45) is 5.73 Å². The van der Waals surface area contributed by atoms with Crippen molar-refractivity contribution >= 4 is 17.5 Å². The third-order valence-corrected chi connectivity index (χ3v) is 2.27. The molecule has 116 valence electrons. The fraction of sp³-hybridized carbons (Fsp3) is 0.700. The summed E-state index contributed by atoms with van der Waals surface area (Å²) in [6.07, 6.45) is -5.47. The van der Waals surface area contributed by atoms with E-state index in [4.69, 9.17) is 15.9 Å². The number of hydrogen-bond donors (Lipinski definition) is 5. The second-order valence-corrected chi connectivity index (χ2v) is 3.85. The third-order valence-electron chi connectivity index (χ3n) is 2.27. The minimum atomic E-state index is -1.91. The SMILES string of the molecule is CC(=O)OO[C@@H]([C@H](O)[C@H](O)CO)[C@H](N)C(=O)C(=O)CO. The van der Waals surface area contributed by atoms with Crippen LogP contribution in [0.5, 0.6) is 0 Å². The summed E-state index contributed by atoms with van der Waals surface area (Å²) in [5.41, 5.74) is 5.37. The second-order valence-electron chi connectivity index (χ2n) is 3.85. The zero-order chi connectivity index (χ0) is 15.9. The summed E-state index contributed by atoms with van der Waals surface area (Å²) >= 11 is 0. The lowest BCUT2D eigenvalue weighted by molar-refractivity contribution is -0.317. The van der Waals surface area contributed by atoms with E-state index in [0.29, 0.717) is 0 Å². The summed E-state index contributed by atoms with van der Waals surface area (Å²) in [6.45, 7) is -1.04. The van der Waals surface area contributed by atoms with E-state index in [0.717, 1.165) is 6.92 Å². The molecule has 0 aromatic carbocycles. The van der Waals surface area contributed by atoms with Gasteiger partial charge in [-0.2, -0.15) is 4.89 Å². The van der Waals surface area contributed by atoms with E-state index in [9.17, 15) is 24.6 Å². The molecule has 4 atom stereocenters. The molecule has 0 unspecified atom stereocenters. The zero-order valence-electron chi connectivity index (χ0n) is 10.6. The van der Waals surface area contributed by atoms with Gasteiger partial charge in [0.05, 0.1) is 6.61 Å². The number of hydrogen-bond acceptors (Lipinski definition) is 10. The molecule has 20 heavy (non-hydrogen) atoms. The maximum atomic E-state index is 11.5. The molecule has 10 nitrogen and oxygen atoms in total. The molecular weight excluding hydrogens is 278 g/mol. The van der Waals surface area contributed by atoms with Crippen molar-refractivity contribution in [2.75, 3.05) is 13.2 Å². The van der Waals surface area contributed by atoms with Gasteiger partial charge in [-0.15, -0.1) is 0 Å². The number of rotatable bonds is 9. The first-order valence-corrected chi connectivity index (χ1v) is 5.50. The van der Waals surface area contributed by atoms with Crippen LogP contribution in [0.3, 0.4) is 0 Å². The second kappa shape index (κ2) is 8.68. The molecule has 10 heteroatoms. The zero-order valence-corrected chi connectivity index (χ0v) is 10.6. The molecule has 0 rings (SSSR count). The van der Waals surface area contributed by atoms with Gasteiger partial charge in [-0.3, -0.25) is 14.5 Å². The third kappa shape index (κ3) is 5.28. The Hall–Kier alpha value is -1.43. The molecule has 0 fully saturated rings. The number of carbonyl (C=O) groups is 3. The van der Waals surface area contributed by atoms with Crippen molar-refractivity contribution in [3.8, 4) is 0 Å². The molecule has 6 N–H and O–H groups in total. The number of ketones is 2. The Kier molecular flexibility index (Phi) is 8.06. The van der Waals surface area contributed by atoms with Crippen LogP contribution in [0.1, 0.15) is 6.92 Å². The molecule has 0 radical (unpaired) electrons. The molecule has 0 aromatic rings. The monoisotopic (exact) mass is 295 g/mol. The van der Waals surface area contributed by atoms with Gasteiger partial charge in [0.15, 0.2) is 6.10 Å². The van der Waals surface area contributed by atoms with Crippen molar-refractivity contribution in [1.29, 1.82) is 0 Å². The first-order valence-electron chi connectivity index (χ1n) is 5.50. The Labute approximate surface area is 113 Å². The molecule has 0 saturated carbocycles. The van der Waals surface area contributed by atoms with Gasteiger partial charge >= 0.3 is 5.97 Å². The molecule has 0 amide bonds. The van der Waals surface area contributed by atoms with Gasteiger partial charge in [-0.05, 0) is 0 Å². The van der Waals surface area contributed by atoms with Crippen LogP contribution in [0.15, 0.2) is 0 Å². The average Bonchev–Trinajstić information content (AvgIpc) is 2.43. The number of aliphatic hydroxyl groups is 4. The molecule has 0 aliphatic carbocycles. The standard InChI is InChI=1S/C10H17NO9/c1-4(14)19-20-10(9(18)6(16)3-13)7(11)8(17)5(15)2-12/h6-7,9-10,12-13,16,18H,2-3,11H2,1H3/t6-,7-,9-,10-/m1/s1. The number of carbonyl (C=O) groups excluding carboxylic acids is 3. The summed E-state index contributed by atoms with van der Waals surface area (Å²) in [6, 6.07) is -1.81. The van der Waals surface area contributed by atoms with Gasteiger partial charge < -0.3 is 26.2 Å². The molecule has 0 bridgehead atoms. The maximum absolute atomic E-state index is 11.5. The normalized spacial score (nSPS) is 16.9. The smallest absolute Gasteiger partial charge is 0.339 e. The lowest BCUT2D eigenvalue weighted by Crippen LogP contribution is -2.56. The highest BCUT2D eigenvalue weighted by molar-refractivity contribution is 6.39. The summed E-state index contributed by atoms with van der Waals surface area (Å²) in [5, 5.41) is 36.1. The Balaban J connectivity index is 5.04. The summed E-state index contributed by atoms with van der Waals surface area (Å²) in [7, 11) is 0. The van der Waals surface area contributed by atoms with Crippen LogP contribution in [-0.2, 0) is 24.2 Å². The van der Waals surface area contributed by atoms with Crippen molar-refractivity contribution in [1.82, 2.24) is 0 Å². The molecule has 0 aliphatic heterocycles. The van der Waals surface area contributed by atoms with Crippen LogP contribution >= 0.6 is 0 Å². The van der Waals surface area contributed by atoms with Crippen molar-refractivity contribution < 1.29 is 44.6 Å². The van der Waals surface area contributed by atoms with Crippen LogP contribution in [-0.4, -0.2) is 75.5 Å². The lowest BCUT2D eigenvalue weighted by Gasteiger charge is -2.27. The van der Waals surface area contributed by atoms with Crippen LogP contribution in [0.4, 0.5) is 0 Å². The van der Waals surface area contributed by atoms with Crippen LogP contribution in [0.25, 0.3) is 0 Å². The van der Waals surface area contributed by atoms with E-state index < -0.39 is 55.1 Å². The lowest BCUT2D eigenvalue weighted by atomic mass is 9.97. The molecule has 0 saturated heterocycles. The van der Waals surface area contributed by atoms with Crippen molar-refractivity contribution in [2.45, 2.75) is 31.3 Å². The minimum absolute atomic E-state index is 0.893. The van der Waals surface area contributed by atoms with E-state index in [2.05, 4.69) is 9.78 Å². The number of aliphatic hydroxyl groups excluding tert-OH is 4.